The lowest BCUT2D eigenvalue weighted by Gasteiger charge is -2.04. The van der Waals surface area contributed by atoms with Crippen LogP contribution < -0.4 is 4.74 Å². The van der Waals surface area contributed by atoms with Gasteiger partial charge in [-0.1, -0.05) is 6.07 Å². The van der Waals surface area contributed by atoms with Gasteiger partial charge in [-0.05, 0) is 27.6 Å². The summed E-state index contributed by atoms with van der Waals surface area (Å²) in [5, 5.41) is 0. The molecule has 2 radical (unpaired) electrons. The quantitative estimate of drug-likeness (QED) is 0.702. The molecule has 11 heavy (non-hydrogen) atoms. The first-order chi connectivity index (χ1) is 5.16. The van der Waals surface area contributed by atoms with Gasteiger partial charge >= 0.3 is 0 Å². The Morgan fingerprint density at radius 1 is 1.55 bits per heavy atom. The minimum absolute atomic E-state index is 0.109. The van der Waals surface area contributed by atoms with Crippen LogP contribution in [0.1, 0.15) is 5.56 Å². The zero-order valence-electron chi connectivity index (χ0n) is 5.90. The molecule has 0 atom stereocenters. The molecule has 1 aromatic rings. The smallest absolute Gasteiger partial charge is 0.144 e. The van der Waals surface area contributed by atoms with Gasteiger partial charge in [0.05, 0.1) is 11.6 Å². The van der Waals surface area contributed by atoms with Gasteiger partial charge < -0.3 is 4.74 Å². The van der Waals surface area contributed by atoms with Crippen molar-refractivity contribution in [3.05, 3.63) is 34.9 Å². The van der Waals surface area contributed by atoms with Gasteiger partial charge in [0.2, 0.25) is 0 Å². The molecule has 0 aromatic heterocycles. The summed E-state index contributed by atoms with van der Waals surface area (Å²) in [6.07, 6.45) is 0. The van der Waals surface area contributed by atoms with Crippen molar-refractivity contribution in [2.45, 2.75) is 0 Å². The molecular weight excluding hydrogens is 211 g/mol. The summed E-state index contributed by atoms with van der Waals surface area (Å²) in [5.74, 6) is -0.0407. The molecule has 0 unspecified atom stereocenters. The number of ether oxygens (including phenoxy) is 1. The average molecular weight is 217 g/mol. The van der Waals surface area contributed by atoms with Gasteiger partial charge in [-0.2, -0.15) is 0 Å². The summed E-state index contributed by atoms with van der Waals surface area (Å²) in [7, 11) is 1.47. The highest BCUT2D eigenvalue weighted by molar-refractivity contribution is 9.10. The third-order valence-corrected chi connectivity index (χ3v) is 2.04. The maximum Gasteiger partial charge on any atom is 0.144 e. The van der Waals surface area contributed by atoms with Crippen LogP contribution in [-0.2, 0) is 0 Å². The van der Waals surface area contributed by atoms with E-state index in [-0.39, 0.29) is 10.0 Å². The van der Waals surface area contributed by atoms with E-state index in [0.717, 1.165) is 0 Å². The zero-order chi connectivity index (χ0) is 8.43. The van der Waals surface area contributed by atoms with E-state index in [9.17, 15) is 4.39 Å². The maximum atomic E-state index is 12.9. The van der Waals surface area contributed by atoms with Gasteiger partial charge in [0.25, 0.3) is 0 Å². The van der Waals surface area contributed by atoms with Crippen molar-refractivity contribution in [1.29, 1.82) is 0 Å². The molecule has 0 aliphatic heterocycles. The Labute approximate surface area is 73.3 Å². The van der Waals surface area contributed by atoms with Crippen LogP contribution in [0.2, 0.25) is 0 Å². The van der Waals surface area contributed by atoms with Crippen LogP contribution in [0.15, 0.2) is 16.6 Å². The normalized spacial score (nSPS) is 9.82. The minimum Gasteiger partial charge on any atom is -0.495 e. The Kier molecular flexibility index (Phi) is 2.49. The molecule has 58 valence electrons. The molecule has 0 spiro atoms. The highest BCUT2D eigenvalue weighted by atomic mass is 79.9. The number of benzene rings is 1. The maximum absolute atomic E-state index is 12.9. The van der Waals surface area contributed by atoms with Crippen LogP contribution in [-0.4, -0.2) is 7.11 Å². The lowest BCUT2D eigenvalue weighted by molar-refractivity contribution is 0.407. The van der Waals surface area contributed by atoms with Gasteiger partial charge in [0.15, 0.2) is 0 Å². The fraction of sp³-hybridized carbons (Fsp3) is 0.125. The Hall–Kier alpha value is -0.570. The van der Waals surface area contributed by atoms with Crippen LogP contribution in [0.3, 0.4) is 0 Å². The molecule has 1 rings (SSSR count). The number of rotatable bonds is 1. The number of hydrogen-bond acceptors (Lipinski definition) is 1. The molecule has 1 aromatic carbocycles. The molecule has 0 amide bonds. The molecule has 0 bridgehead atoms. The van der Waals surface area contributed by atoms with Gasteiger partial charge in [-0.25, -0.2) is 4.39 Å². The topological polar surface area (TPSA) is 9.23 Å². The first-order valence-corrected chi connectivity index (χ1v) is 3.73. The Bertz CT molecular complexity index is 273. The highest BCUT2D eigenvalue weighted by Gasteiger charge is 2.07. The second-order valence-corrected chi connectivity index (χ2v) is 2.78. The third-order valence-electron chi connectivity index (χ3n) is 1.30. The summed E-state index contributed by atoms with van der Waals surface area (Å²) < 4.78 is 18.0. The van der Waals surface area contributed by atoms with Gasteiger partial charge in [-0.15, -0.1) is 0 Å². The first kappa shape index (κ1) is 8.53. The third kappa shape index (κ3) is 1.53. The monoisotopic (exact) mass is 216 g/mol. The number of methoxy groups -OCH3 is 1. The van der Waals surface area contributed by atoms with E-state index in [1.165, 1.54) is 13.2 Å². The second kappa shape index (κ2) is 3.22. The van der Waals surface area contributed by atoms with E-state index < -0.39 is 5.82 Å². The van der Waals surface area contributed by atoms with Gasteiger partial charge in [0, 0.05) is 6.92 Å². The summed E-state index contributed by atoms with van der Waals surface area (Å²) in [4.78, 5) is 0. The Morgan fingerprint density at radius 2 is 2.18 bits per heavy atom. The summed E-state index contributed by atoms with van der Waals surface area (Å²) in [6.45, 7) is 5.28. The van der Waals surface area contributed by atoms with Gasteiger partial charge in [0.1, 0.15) is 11.6 Å². The van der Waals surface area contributed by atoms with Crippen LogP contribution >= 0.6 is 15.9 Å². The predicted octanol–water partition coefficient (Wildman–Crippen LogP) is 2.66. The predicted molar refractivity (Wildman–Crippen MR) is 44.1 cm³/mol. The van der Waals surface area contributed by atoms with E-state index >= 15 is 0 Å². The molecule has 0 saturated heterocycles. The standard InChI is InChI=1S/C8H6BrFO/c1-5-3-4-6(11-2)7(9)8(5)10/h1,3-4H,2H3. The zero-order valence-corrected chi connectivity index (χ0v) is 7.48. The average Bonchev–Trinajstić information content (AvgIpc) is 2.01. The molecule has 0 saturated carbocycles. The molecule has 0 fully saturated rings. The fourth-order valence-corrected chi connectivity index (χ4v) is 1.23. The lowest BCUT2D eigenvalue weighted by atomic mass is 10.2. The van der Waals surface area contributed by atoms with Crippen molar-refractivity contribution >= 4 is 15.9 Å². The molecule has 1 nitrogen and oxygen atoms in total. The van der Waals surface area contributed by atoms with Crippen molar-refractivity contribution < 1.29 is 9.13 Å². The van der Waals surface area contributed by atoms with Gasteiger partial charge in [-0.3, -0.25) is 0 Å². The fourth-order valence-electron chi connectivity index (χ4n) is 0.704. The summed E-state index contributed by atoms with van der Waals surface area (Å²) >= 11 is 3.01. The molecule has 0 aliphatic rings. The van der Waals surface area contributed by atoms with Crippen molar-refractivity contribution in [2.24, 2.45) is 0 Å². The first-order valence-electron chi connectivity index (χ1n) is 2.94. The van der Waals surface area contributed by atoms with E-state index in [1.807, 2.05) is 0 Å². The highest BCUT2D eigenvalue weighted by Crippen LogP contribution is 2.28. The van der Waals surface area contributed by atoms with E-state index in [4.69, 9.17) is 11.7 Å². The SMILES string of the molecule is [CH]c1ccc(OC)c(Br)c1F. The molecule has 0 N–H and O–H groups in total. The summed E-state index contributed by atoms with van der Waals surface area (Å²) in [5.41, 5.74) is 0.109. The molecular formula is C8H6BrFO. The van der Waals surface area contributed by atoms with Crippen molar-refractivity contribution in [3.8, 4) is 5.75 Å². The molecule has 3 heteroatoms. The second-order valence-electron chi connectivity index (χ2n) is 1.99. The van der Waals surface area contributed by atoms with Crippen molar-refractivity contribution in [2.75, 3.05) is 7.11 Å². The van der Waals surface area contributed by atoms with E-state index in [1.54, 1.807) is 6.07 Å². The van der Waals surface area contributed by atoms with Crippen LogP contribution in [0.4, 0.5) is 4.39 Å². The molecule has 0 heterocycles. The van der Waals surface area contributed by atoms with E-state index in [0.29, 0.717) is 5.75 Å². The van der Waals surface area contributed by atoms with Crippen LogP contribution in [0.25, 0.3) is 0 Å². The minimum atomic E-state index is -0.482. The molecule has 0 aliphatic carbocycles. The van der Waals surface area contributed by atoms with Crippen molar-refractivity contribution in [3.63, 3.8) is 0 Å². The number of hydrogen-bond donors (Lipinski definition) is 0. The number of halogens is 2. The summed E-state index contributed by atoms with van der Waals surface area (Å²) in [6, 6.07) is 3.06. The Morgan fingerprint density at radius 3 is 2.73 bits per heavy atom. The lowest BCUT2D eigenvalue weighted by Crippen LogP contribution is -1.89. The van der Waals surface area contributed by atoms with Crippen LogP contribution in [0.5, 0.6) is 5.75 Å². The van der Waals surface area contributed by atoms with E-state index in [2.05, 4.69) is 15.9 Å². The largest absolute Gasteiger partial charge is 0.495 e. The van der Waals surface area contributed by atoms with Crippen molar-refractivity contribution in [1.82, 2.24) is 0 Å². The Balaban J connectivity index is 3.25. The van der Waals surface area contributed by atoms with Crippen LogP contribution in [0, 0.1) is 12.7 Å².